The zero-order chi connectivity index (χ0) is 21.9. The molecule has 0 bridgehead atoms. The van der Waals surface area contributed by atoms with Gasteiger partial charge in [-0.1, -0.05) is 6.92 Å². The van der Waals surface area contributed by atoms with Crippen LogP contribution in [-0.2, 0) is 19.1 Å². The third-order valence-electron chi connectivity index (χ3n) is 4.55. The fraction of sp³-hybridized carbons (Fsp3) is 0.571. The first-order chi connectivity index (χ1) is 14.4. The number of nitrogens with one attached hydrogen (secondary N) is 1. The van der Waals surface area contributed by atoms with Crippen LogP contribution in [0, 0.1) is 0 Å². The first kappa shape index (κ1) is 23.5. The van der Waals surface area contributed by atoms with E-state index in [2.05, 4.69) is 5.32 Å². The van der Waals surface area contributed by atoms with Crippen molar-refractivity contribution in [3.8, 4) is 11.5 Å². The lowest BCUT2D eigenvalue weighted by Gasteiger charge is -2.26. The average molecular weight is 422 g/mol. The van der Waals surface area contributed by atoms with Gasteiger partial charge >= 0.3 is 5.97 Å². The minimum Gasteiger partial charge on any atom is -0.490 e. The lowest BCUT2D eigenvalue weighted by molar-refractivity contribution is -0.137. The quantitative estimate of drug-likeness (QED) is 0.569. The Morgan fingerprint density at radius 3 is 2.50 bits per heavy atom. The molecule has 2 amide bonds. The van der Waals surface area contributed by atoms with E-state index in [-0.39, 0.29) is 36.6 Å². The summed E-state index contributed by atoms with van der Waals surface area (Å²) in [7, 11) is 0. The Balaban J connectivity index is 1.95. The van der Waals surface area contributed by atoms with Gasteiger partial charge in [-0.25, -0.2) is 4.79 Å². The van der Waals surface area contributed by atoms with Crippen LogP contribution in [-0.4, -0.2) is 74.8 Å². The Morgan fingerprint density at radius 1 is 1.10 bits per heavy atom. The van der Waals surface area contributed by atoms with E-state index in [4.69, 9.17) is 18.9 Å². The minimum atomic E-state index is -0.647. The largest absolute Gasteiger partial charge is 0.490 e. The summed E-state index contributed by atoms with van der Waals surface area (Å²) in [6.07, 6.45) is 0.785. The number of esters is 1. The molecular formula is C21H30N2O7. The highest BCUT2D eigenvalue weighted by molar-refractivity contribution is 5.92. The van der Waals surface area contributed by atoms with Crippen LogP contribution in [0.2, 0.25) is 0 Å². The molecule has 1 aliphatic rings. The van der Waals surface area contributed by atoms with Gasteiger partial charge < -0.3 is 29.2 Å². The van der Waals surface area contributed by atoms with Crippen LogP contribution >= 0.6 is 0 Å². The van der Waals surface area contributed by atoms with E-state index in [9.17, 15) is 14.4 Å². The fourth-order valence-corrected chi connectivity index (χ4v) is 2.70. The molecule has 1 aromatic rings. The van der Waals surface area contributed by atoms with Gasteiger partial charge in [0.25, 0.3) is 11.8 Å². The van der Waals surface area contributed by atoms with Crippen LogP contribution in [0.3, 0.4) is 0 Å². The molecule has 9 heteroatoms. The Kier molecular flexibility index (Phi) is 9.40. The minimum absolute atomic E-state index is 0.0114. The predicted molar refractivity (Wildman–Crippen MR) is 109 cm³/mol. The lowest BCUT2D eigenvalue weighted by Crippen LogP contribution is -2.43. The molecule has 0 spiro atoms. The third-order valence-corrected chi connectivity index (χ3v) is 4.55. The Hall–Kier alpha value is -2.81. The van der Waals surface area contributed by atoms with Crippen molar-refractivity contribution in [2.24, 2.45) is 0 Å². The topological polar surface area (TPSA) is 103 Å². The van der Waals surface area contributed by atoms with Gasteiger partial charge in [-0.15, -0.1) is 0 Å². The van der Waals surface area contributed by atoms with Crippen molar-refractivity contribution in [3.05, 3.63) is 23.8 Å². The fourth-order valence-electron chi connectivity index (χ4n) is 2.70. The SMILES string of the molecule is CCOc1cc(C(=O)OCC(=O)N[C@H](C)CC)ccc1OCC(=O)N1CCOCC1. The zero-order valence-corrected chi connectivity index (χ0v) is 17.8. The smallest absolute Gasteiger partial charge is 0.338 e. The first-order valence-electron chi connectivity index (χ1n) is 10.2. The van der Waals surface area contributed by atoms with Crippen LogP contribution < -0.4 is 14.8 Å². The molecule has 0 saturated carbocycles. The molecule has 2 rings (SSSR count). The molecule has 1 saturated heterocycles. The van der Waals surface area contributed by atoms with Gasteiger partial charge in [-0.3, -0.25) is 9.59 Å². The van der Waals surface area contributed by atoms with Crippen molar-refractivity contribution in [2.75, 3.05) is 46.1 Å². The number of benzene rings is 1. The van der Waals surface area contributed by atoms with E-state index >= 15 is 0 Å². The van der Waals surface area contributed by atoms with E-state index < -0.39 is 5.97 Å². The number of carbonyl (C=O) groups excluding carboxylic acids is 3. The lowest BCUT2D eigenvalue weighted by atomic mass is 10.2. The number of nitrogens with zero attached hydrogens (tertiary/aromatic N) is 1. The molecule has 0 unspecified atom stereocenters. The normalized spacial score (nSPS) is 14.6. The number of hydrogen-bond donors (Lipinski definition) is 1. The number of rotatable bonds is 10. The molecule has 1 fully saturated rings. The Bertz CT molecular complexity index is 732. The number of morpholine rings is 1. The second-order valence-corrected chi connectivity index (χ2v) is 6.83. The molecule has 166 valence electrons. The summed E-state index contributed by atoms with van der Waals surface area (Å²) in [5, 5.41) is 2.73. The highest BCUT2D eigenvalue weighted by Crippen LogP contribution is 2.29. The maximum atomic E-state index is 12.3. The maximum Gasteiger partial charge on any atom is 0.338 e. The van der Waals surface area contributed by atoms with Crippen LogP contribution in [0.25, 0.3) is 0 Å². The van der Waals surface area contributed by atoms with E-state index in [0.29, 0.717) is 44.4 Å². The van der Waals surface area contributed by atoms with Crippen molar-refractivity contribution in [1.82, 2.24) is 10.2 Å². The molecule has 0 aliphatic carbocycles. The highest BCUT2D eigenvalue weighted by Gasteiger charge is 2.19. The van der Waals surface area contributed by atoms with Gasteiger partial charge in [0.05, 0.1) is 25.4 Å². The summed E-state index contributed by atoms with van der Waals surface area (Å²) < 4.78 is 21.5. The van der Waals surface area contributed by atoms with Gasteiger partial charge in [0.1, 0.15) is 0 Å². The molecular weight excluding hydrogens is 392 g/mol. The summed E-state index contributed by atoms with van der Waals surface area (Å²) in [5.41, 5.74) is 0.224. The molecule has 0 aromatic heterocycles. The van der Waals surface area contributed by atoms with Crippen molar-refractivity contribution in [1.29, 1.82) is 0 Å². The van der Waals surface area contributed by atoms with Crippen LogP contribution in [0.4, 0.5) is 0 Å². The van der Waals surface area contributed by atoms with Gasteiger partial charge in [-0.05, 0) is 38.5 Å². The Labute approximate surface area is 176 Å². The zero-order valence-electron chi connectivity index (χ0n) is 17.8. The molecule has 1 aromatic carbocycles. The molecule has 1 aliphatic heterocycles. The molecule has 1 atom stereocenters. The van der Waals surface area contributed by atoms with Crippen LogP contribution in [0.15, 0.2) is 18.2 Å². The predicted octanol–water partition coefficient (Wildman–Crippen LogP) is 1.39. The molecule has 30 heavy (non-hydrogen) atoms. The van der Waals surface area contributed by atoms with E-state index in [1.807, 2.05) is 13.8 Å². The monoisotopic (exact) mass is 422 g/mol. The number of hydrogen-bond acceptors (Lipinski definition) is 7. The molecule has 0 radical (unpaired) electrons. The third kappa shape index (κ3) is 7.22. The van der Waals surface area contributed by atoms with Gasteiger partial charge in [0, 0.05) is 19.1 Å². The highest BCUT2D eigenvalue weighted by atomic mass is 16.5. The molecule has 1 heterocycles. The van der Waals surface area contributed by atoms with E-state index in [0.717, 1.165) is 6.42 Å². The molecule has 1 N–H and O–H groups in total. The summed E-state index contributed by atoms with van der Waals surface area (Å²) in [6, 6.07) is 4.55. The summed E-state index contributed by atoms with van der Waals surface area (Å²) in [6.45, 7) is 7.58. The maximum absolute atomic E-state index is 12.3. The number of ether oxygens (including phenoxy) is 4. The van der Waals surface area contributed by atoms with Crippen molar-refractivity contribution < 1.29 is 33.3 Å². The standard InChI is InChI=1S/C21H30N2O7/c1-4-15(3)22-19(24)13-30-21(26)16-6-7-17(18(12-16)28-5-2)29-14-20(25)23-8-10-27-11-9-23/h6-7,12,15H,4-5,8-11,13-14H2,1-3H3,(H,22,24)/t15-/m1/s1. The van der Waals surface area contributed by atoms with Crippen LogP contribution in [0.5, 0.6) is 11.5 Å². The van der Waals surface area contributed by atoms with E-state index in [1.165, 1.54) is 12.1 Å². The Morgan fingerprint density at radius 2 is 1.83 bits per heavy atom. The van der Waals surface area contributed by atoms with Crippen molar-refractivity contribution >= 4 is 17.8 Å². The summed E-state index contributed by atoms with van der Waals surface area (Å²) in [4.78, 5) is 38.0. The van der Waals surface area contributed by atoms with Crippen LogP contribution in [0.1, 0.15) is 37.6 Å². The van der Waals surface area contributed by atoms with Gasteiger partial charge in [0.15, 0.2) is 24.7 Å². The second kappa shape index (κ2) is 12.0. The first-order valence-corrected chi connectivity index (χ1v) is 10.2. The second-order valence-electron chi connectivity index (χ2n) is 6.83. The average Bonchev–Trinajstić information content (AvgIpc) is 2.77. The van der Waals surface area contributed by atoms with Gasteiger partial charge in [-0.2, -0.15) is 0 Å². The van der Waals surface area contributed by atoms with Crippen molar-refractivity contribution in [3.63, 3.8) is 0 Å². The van der Waals surface area contributed by atoms with E-state index in [1.54, 1.807) is 17.9 Å². The molecule has 9 nitrogen and oxygen atoms in total. The van der Waals surface area contributed by atoms with Gasteiger partial charge in [0.2, 0.25) is 0 Å². The van der Waals surface area contributed by atoms with Crippen molar-refractivity contribution in [2.45, 2.75) is 33.2 Å². The summed E-state index contributed by atoms with van der Waals surface area (Å²) in [5.74, 6) is -0.470. The summed E-state index contributed by atoms with van der Waals surface area (Å²) >= 11 is 0. The number of amides is 2. The number of carbonyl (C=O) groups is 3.